The highest BCUT2D eigenvalue weighted by molar-refractivity contribution is 5.53. The number of nitrogen functional groups attached to an aromatic ring is 1. The van der Waals surface area contributed by atoms with Crippen molar-refractivity contribution in [2.45, 2.75) is 6.92 Å². The van der Waals surface area contributed by atoms with Gasteiger partial charge in [0.1, 0.15) is 12.1 Å². The molecule has 3 rings (SSSR count). The van der Waals surface area contributed by atoms with Crippen LogP contribution >= 0.6 is 0 Å². The summed E-state index contributed by atoms with van der Waals surface area (Å²) in [5.41, 5.74) is 6.79. The van der Waals surface area contributed by atoms with Crippen LogP contribution in [-0.2, 0) is 0 Å². The van der Waals surface area contributed by atoms with E-state index in [4.69, 9.17) is 10.5 Å². The molecule has 0 unspecified atom stereocenters. The fourth-order valence-electron chi connectivity index (χ4n) is 1.68. The lowest BCUT2D eigenvalue weighted by Gasteiger charge is -2.09. The topological polar surface area (TPSA) is 78.3 Å². The molecule has 0 amide bonds. The number of hydrogen-bond donors (Lipinski definition) is 1. The SMILES string of the molecule is Cc1cc(Oc2cc(F)ccc2N)n2ncnc2n1. The Morgan fingerprint density at radius 3 is 3.00 bits per heavy atom. The molecule has 0 spiro atoms. The Hall–Kier alpha value is -2.70. The number of hydrogen-bond acceptors (Lipinski definition) is 5. The van der Waals surface area contributed by atoms with Gasteiger partial charge in [-0.2, -0.15) is 14.6 Å². The molecule has 19 heavy (non-hydrogen) atoms. The van der Waals surface area contributed by atoms with Crippen molar-refractivity contribution in [2.24, 2.45) is 0 Å². The van der Waals surface area contributed by atoms with Crippen molar-refractivity contribution >= 4 is 11.5 Å². The van der Waals surface area contributed by atoms with Crippen molar-refractivity contribution in [3.8, 4) is 11.6 Å². The Labute approximate surface area is 107 Å². The molecule has 7 heteroatoms. The van der Waals surface area contributed by atoms with Gasteiger partial charge in [-0.05, 0) is 19.1 Å². The summed E-state index contributed by atoms with van der Waals surface area (Å²) in [5.74, 6) is 0.578. The predicted octanol–water partition coefficient (Wildman–Crippen LogP) is 1.95. The van der Waals surface area contributed by atoms with E-state index >= 15 is 0 Å². The average molecular weight is 259 g/mol. The van der Waals surface area contributed by atoms with Crippen molar-refractivity contribution in [3.05, 3.63) is 42.1 Å². The van der Waals surface area contributed by atoms with Gasteiger partial charge in [0.2, 0.25) is 5.88 Å². The maximum Gasteiger partial charge on any atom is 0.255 e. The Bertz CT molecular complexity index is 755. The van der Waals surface area contributed by atoms with Crippen LogP contribution in [0.5, 0.6) is 11.6 Å². The summed E-state index contributed by atoms with van der Waals surface area (Å²) >= 11 is 0. The number of aromatic nitrogens is 4. The molecular weight excluding hydrogens is 249 g/mol. The summed E-state index contributed by atoms with van der Waals surface area (Å²) in [4.78, 5) is 8.16. The van der Waals surface area contributed by atoms with Crippen LogP contribution in [0.4, 0.5) is 10.1 Å². The van der Waals surface area contributed by atoms with E-state index in [1.54, 1.807) is 13.0 Å². The Kier molecular flexibility index (Phi) is 2.52. The summed E-state index contributed by atoms with van der Waals surface area (Å²) in [6, 6.07) is 5.60. The van der Waals surface area contributed by atoms with E-state index in [9.17, 15) is 4.39 Å². The number of rotatable bonds is 2. The van der Waals surface area contributed by atoms with Gasteiger partial charge in [-0.25, -0.2) is 9.37 Å². The number of nitrogens with two attached hydrogens (primary N) is 1. The van der Waals surface area contributed by atoms with Crippen molar-refractivity contribution in [1.82, 2.24) is 19.6 Å². The van der Waals surface area contributed by atoms with E-state index in [0.717, 1.165) is 0 Å². The summed E-state index contributed by atoms with van der Waals surface area (Å²) < 4.78 is 20.2. The van der Waals surface area contributed by atoms with Crippen LogP contribution in [0.3, 0.4) is 0 Å². The molecule has 2 heterocycles. The van der Waals surface area contributed by atoms with E-state index < -0.39 is 5.82 Å². The minimum Gasteiger partial charge on any atom is -0.437 e. The van der Waals surface area contributed by atoms with Gasteiger partial charge in [0.05, 0.1) is 5.69 Å². The second-order valence-electron chi connectivity index (χ2n) is 3.99. The fraction of sp³-hybridized carbons (Fsp3) is 0.0833. The van der Waals surface area contributed by atoms with Gasteiger partial charge in [-0.15, -0.1) is 0 Å². The standard InChI is InChI=1S/C12H10FN5O/c1-7-4-11(18-12(17-7)15-6-16-18)19-10-5-8(13)2-3-9(10)14/h2-6H,14H2,1H3. The second kappa shape index (κ2) is 4.20. The molecule has 3 aromatic rings. The lowest BCUT2D eigenvalue weighted by atomic mass is 10.3. The number of benzene rings is 1. The maximum atomic E-state index is 13.2. The van der Waals surface area contributed by atoms with Crippen LogP contribution in [0.25, 0.3) is 5.78 Å². The Balaban J connectivity index is 2.10. The monoisotopic (exact) mass is 259 g/mol. The lowest BCUT2D eigenvalue weighted by Crippen LogP contribution is -2.01. The van der Waals surface area contributed by atoms with Gasteiger partial charge in [-0.3, -0.25) is 0 Å². The zero-order valence-electron chi connectivity index (χ0n) is 10.0. The molecule has 0 radical (unpaired) electrons. The molecule has 0 aliphatic heterocycles. The molecule has 2 aromatic heterocycles. The van der Waals surface area contributed by atoms with E-state index in [1.807, 2.05) is 0 Å². The molecule has 2 N–H and O–H groups in total. The number of ether oxygens (including phenoxy) is 1. The smallest absolute Gasteiger partial charge is 0.255 e. The summed E-state index contributed by atoms with van der Waals surface area (Å²) in [7, 11) is 0. The fourth-order valence-corrected chi connectivity index (χ4v) is 1.68. The molecule has 0 saturated heterocycles. The lowest BCUT2D eigenvalue weighted by molar-refractivity contribution is 0.443. The summed E-state index contributed by atoms with van der Waals surface area (Å²) in [5, 5.41) is 3.99. The predicted molar refractivity (Wildman–Crippen MR) is 66.4 cm³/mol. The molecule has 6 nitrogen and oxygen atoms in total. The molecule has 1 aromatic carbocycles. The molecule has 0 saturated carbocycles. The molecule has 0 bridgehead atoms. The molecule has 0 atom stereocenters. The first kappa shape index (κ1) is 11.4. The third-order valence-corrected chi connectivity index (χ3v) is 2.54. The molecule has 0 fully saturated rings. The van der Waals surface area contributed by atoms with Crippen LogP contribution in [0.15, 0.2) is 30.6 Å². The third kappa shape index (κ3) is 2.05. The van der Waals surface area contributed by atoms with Crippen molar-refractivity contribution in [1.29, 1.82) is 0 Å². The average Bonchev–Trinajstić information content (AvgIpc) is 2.82. The van der Waals surface area contributed by atoms with E-state index in [-0.39, 0.29) is 5.75 Å². The first-order chi connectivity index (χ1) is 9.13. The first-order valence-corrected chi connectivity index (χ1v) is 5.54. The van der Waals surface area contributed by atoms with E-state index in [0.29, 0.717) is 23.0 Å². The first-order valence-electron chi connectivity index (χ1n) is 5.54. The number of nitrogens with zero attached hydrogens (tertiary/aromatic N) is 4. The van der Waals surface area contributed by atoms with Crippen molar-refractivity contribution in [2.75, 3.05) is 5.73 Å². The zero-order valence-corrected chi connectivity index (χ0v) is 10.0. The van der Waals surface area contributed by atoms with Gasteiger partial charge in [0, 0.05) is 17.8 Å². The summed E-state index contributed by atoms with van der Waals surface area (Å²) in [6.07, 6.45) is 1.36. The molecular formula is C12H10FN5O. The van der Waals surface area contributed by atoms with Gasteiger partial charge >= 0.3 is 0 Å². The van der Waals surface area contributed by atoms with E-state index in [2.05, 4.69) is 15.1 Å². The van der Waals surface area contributed by atoms with Crippen LogP contribution in [0.1, 0.15) is 5.69 Å². The number of fused-ring (bicyclic) bond motifs is 1. The van der Waals surface area contributed by atoms with Gasteiger partial charge in [0.15, 0.2) is 5.75 Å². The minimum atomic E-state index is -0.426. The third-order valence-electron chi connectivity index (χ3n) is 2.54. The van der Waals surface area contributed by atoms with Crippen LogP contribution in [-0.4, -0.2) is 19.6 Å². The highest BCUT2D eigenvalue weighted by Crippen LogP contribution is 2.28. The minimum absolute atomic E-state index is 0.224. The number of halogens is 1. The second-order valence-corrected chi connectivity index (χ2v) is 3.99. The quantitative estimate of drug-likeness (QED) is 0.711. The van der Waals surface area contributed by atoms with Crippen molar-refractivity contribution in [3.63, 3.8) is 0 Å². The largest absolute Gasteiger partial charge is 0.437 e. The number of anilines is 1. The Morgan fingerprint density at radius 1 is 1.32 bits per heavy atom. The molecule has 96 valence electrons. The molecule has 0 aliphatic rings. The van der Waals surface area contributed by atoms with E-state index in [1.165, 1.54) is 29.0 Å². The highest BCUT2D eigenvalue weighted by atomic mass is 19.1. The van der Waals surface area contributed by atoms with Crippen LogP contribution < -0.4 is 10.5 Å². The maximum absolute atomic E-state index is 13.2. The highest BCUT2D eigenvalue weighted by Gasteiger charge is 2.10. The Morgan fingerprint density at radius 2 is 2.16 bits per heavy atom. The van der Waals surface area contributed by atoms with Crippen molar-refractivity contribution < 1.29 is 9.13 Å². The van der Waals surface area contributed by atoms with Crippen LogP contribution in [0.2, 0.25) is 0 Å². The number of aryl methyl sites for hydroxylation is 1. The van der Waals surface area contributed by atoms with Crippen LogP contribution in [0, 0.1) is 12.7 Å². The normalized spacial score (nSPS) is 10.8. The summed E-state index contributed by atoms with van der Waals surface area (Å²) in [6.45, 7) is 1.80. The zero-order chi connectivity index (χ0) is 13.4. The van der Waals surface area contributed by atoms with Gasteiger partial charge in [0.25, 0.3) is 5.78 Å². The van der Waals surface area contributed by atoms with Gasteiger partial charge < -0.3 is 10.5 Å². The van der Waals surface area contributed by atoms with Gasteiger partial charge in [-0.1, -0.05) is 0 Å². The molecule has 0 aliphatic carbocycles.